The Morgan fingerprint density at radius 2 is 1.68 bits per heavy atom. The average molecular weight is 389 g/mol. The SMILES string of the molecule is O=C(NO)c1ccc(N2CCC(CN[C@H](C(=O)O)C3CCCCC3)CC2)cc1. The maximum Gasteiger partial charge on any atom is 0.320 e. The average Bonchev–Trinajstić information content (AvgIpc) is 2.74. The van der Waals surface area contributed by atoms with E-state index in [9.17, 15) is 14.7 Å². The highest BCUT2D eigenvalue weighted by Gasteiger charge is 2.30. The van der Waals surface area contributed by atoms with Gasteiger partial charge in [-0.2, -0.15) is 0 Å². The van der Waals surface area contributed by atoms with E-state index in [0.717, 1.165) is 63.8 Å². The van der Waals surface area contributed by atoms with Crippen LogP contribution in [0.3, 0.4) is 0 Å². The molecule has 2 aliphatic rings. The zero-order valence-electron chi connectivity index (χ0n) is 16.3. The van der Waals surface area contributed by atoms with E-state index in [2.05, 4.69) is 10.2 Å². The second-order valence-corrected chi connectivity index (χ2v) is 8.04. The predicted molar refractivity (Wildman–Crippen MR) is 107 cm³/mol. The summed E-state index contributed by atoms with van der Waals surface area (Å²) in [5.74, 6) is -0.472. The topological polar surface area (TPSA) is 102 Å². The molecule has 0 bridgehead atoms. The quantitative estimate of drug-likeness (QED) is 0.422. The zero-order chi connectivity index (χ0) is 19.9. The summed E-state index contributed by atoms with van der Waals surface area (Å²) in [4.78, 5) is 25.4. The smallest absolute Gasteiger partial charge is 0.320 e. The van der Waals surface area contributed by atoms with Crippen molar-refractivity contribution in [2.24, 2.45) is 11.8 Å². The van der Waals surface area contributed by atoms with Gasteiger partial charge in [0.1, 0.15) is 6.04 Å². The van der Waals surface area contributed by atoms with Crippen molar-refractivity contribution < 1.29 is 19.9 Å². The Bertz CT molecular complexity index is 650. The lowest BCUT2D eigenvalue weighted by atomic mass is 9.83. The number of carbonyl (C=O) groups excluding carboxylic acids is 1. The Balaban J connectivity index is 1.47. The lowest BCUT2D eigenvalue weighted by Crippen LogP contribution is -2.47. The van der Waals surface area contributed by atoms with Crippen molar-refractivity contribution in [1.29, 1.82) is 0 Å². The monoisotopic (exact) mass is 389 g/mol. The molecule has 154 valence electrons. The number of rotatable bonds is 7. The lowest BCUT2D eigenvalue weighted by molar-refractivity contribution is -0.141. The molecule has 4 N–H and O–H groups in total. The summed E-state index contributed by atoms with van der Waals surface area (Å²) in [6.45, 7) is 2.59. The Labute approximate surface area is 166 Å². The van der Waals surface area contributed by atoms with Gasteiger partial charge in [-0.25, -0.2) is 5.48 Å². The number of piperidine rings is 1. The molecule has 0 aromatic heterocycles. The molecule has 2 fully saturated rings. The van der Waals surface area contributed by atoms with Crippen LogP contribution in [0.2, 0.25) is 0 Å². The molecule has 0 spiro atoms. The third kappa shape index (κ3) is 5.23. The first kappa shape index (κ1) is 20.6. The van der Waals surface area contributed by atoms with Crippen LogP contribution in [0.1, 0.15) is 55.3 Å². The summed E-state index contributed by atoms with van der Waals surface area (Å²) in [7, 11) is 0. The fourth-order valence-corrected chi connectivity index (χ4v) is 4.50. The molecule has 7 heteroatoms. The molecule has 1 aromatic rings. The highest BCUT2D eigenvalue weighted by Crippen LogP contribution is 2.28. The van der Waals surface area contributed by atoms with Crippen LogP contribution in [0.4, 0.5) is 5.69 Å². The van der Waals surface area contributed by atoms with Gasteiger partial charge in [0.25, 0.3) is 5.91 Å². The number of nitrogens with zero attached hydrogens (tertiary/aromatic N) is 1. The van der Waals surface area contributed by atoms with Crippen molar-refractivity contribution in [1.82, 2.24) is 10.8 Å². The molecule has 0 unspecified atom stereocenters. The summed E-state index contributed by atoms with van der Waals surface area (Å²) >= 11 is 0. The minimum Gasteiger partial charge on any atom is -0.480 e. The van der Waals surface area contributed by atoms with Crippen LogP contribution in [0.5, 0.6) is 0 Å². The lowest BCUT2D eigenvalue weighted by Gasteiger charge is -2.35. The Morgan fingerprint density at radius 3 is 2.25 bits per heavy atom. The summed E-state index contributed by atoms with van der Waals surface area (Å²) in [6.07, 6.45) is 7.60. The fraction of sp³-hybridized carbons (Fsp3) is 0.619. The van der Waals surface area contributed by atoms with E-state index in [-0.39, 0.29) is 5.92 Å². The van der Waals surface area contributed by atoms with Crippen molar-refractivity contribution in [2.75, 3.05) is 24.5 Å². The van der Waals surface area contributed by atoms with E-state index in [0.29, 0.717) is 11.5 Å². The van der Waals surface area contributed by atoms with Gasteiger partial charge in [-0.05, 0) is 68.3 Å². The maximum atomic E-state index is 11.7. The van der Waals surface area contributed by atoms with Gasteiger partial charge < -0.3 is 15.3 Å². The molecule has 1 amide bonds. The first-order valence-electron chi connectivity index (χ1n) is 10.3. The third-order valence-electron chi connectivity index (χ3n) is 6.22. The van der Waals surface area contributed by atoms with E-state index in [4.69, 9.17) is 5.21 Å². The molecule has 3 rings (SSSR count). The van der Waals surface area contributed by atoms with Gasteiger partial charge in [0, 0.05) is 24.3 Å². The molecule has 1 heterocycles. The minimum atomic E-state index is -0.712. The Morgan fingerprint density at radius 1 is 1.04 bits per heavy atom. The van der Waals surface area contributed by atoms with Gasteiger partial charge in [0.05, 0.1) is 0 Å². The van der Waals surface area contributed by atoms with Crippen molar-refractivity contribution in [3.05, 3.63) is 29.8 Å². The second-order valence-electron chi connectivity index (χ2n) is 8.04. The van der Waals surface area contributed by atoms with Crippen molar-refractivity contribution in [3.63, 3.8) is 0 Å². The number of aliphatic carboxylic acids is 1. The van der Waals surface area contributed by atoms with Gasteiger partial charge in [-0.1, -0.05) is 19.3 Å². The molecule has 28 heavy (non-hydrogen) atoms. The zero-order valence-corrected chi connectivity index (χ0v) is 16.3. The normalized spacial score (nSPS) is 20.0. The van der Waals surface area contributed by atoms with E-state index in [1.54, 1.807) is 17.6 Å². The summed E-state index contributed by atoms with van der Waals surface area (Å²) in [5.41, 5.74) is 3.12. The number of benzene rings is 1. The molecular formula is C21H31N3O4. The highest BCUT2D eigenvalue weighted by atomic mass is 16.5. The van der Waals surface area contributed by atoms with Crippen molar-refractivity contribution >= 4 is 17.6 Å². The third-order valence-corrected chi connectivity index (χ3v) is 6.22. The van der Waals surface area contributed by atoms with Crippen LogP contribution in [0.15, 0.2) is 24.3 Å². The van der Waals surface area contributed by atoms with Gasteiger partial charge >= 0.3 is 5.97 Å². The molecule has 1 saturated carbocycles. The summed E-state index contributed by atoms with van der Waals surface area (Å²) in [6, 6.07) is 6.79. The molecule has 1 aromatic carbocycles. The highest BCUT2D eigenvalue weighted by molar-refractivity contribution is 5.93. The molecular weight excluding hydrogens is 358 g/mol. The Kier molecular flexibility index (Phi) is 7.28. The molecule has 1 aliphatic heterocycles. The van der Waals surface area contributed by atoms with Gasteiger partial charge in [-0.3, -0.25) is 14.8 Å². The number of nitrogens with one attached hydrogen (secondary N) is 2. The summed E-state index contributed by atoms with van der Waals surface area (Å²) in [5, 5.41) is 21.7. The van der Waals surface area contributed by atoms with Crippen LogP contribution in [0, 0.1) is 11.8 Å². The number of amides is 1. The van der Waals surface area contributed by atoms with Gasteiger partial charge in [0.15, 0.2) is 0 Å². The molecule has 7 nitrogen and oxygen atoms in total. The maximum absolute atomic E-state index is 11.7. The predicted octanol–water partition coefficient (Wildman–Crippen LogP) is 2.65. The fourth-order valence-electron chi connectivity index (χ4n) is 4.50. The van der Waals surface area contributed by atoms with Crippen LogP contribution in [0.25, 0.3) is 0 Å². The van der Waals surface area contributed by atoms with E-state index in [1.807, 2.05) is 12.1 Å². The van der Waals surface area contributed by atoms with E-state index >= 15 is 0 Å². The second kappa shape index (κ2) is 9.89. The molecule has 1 aliphatic carbocycles. The largest absolute Gasteiger partial charge is 0.480 e. The van der Waals surface area contributed by atoms with Crippen LogP contribution in [-0.2, 0) is 4.79 Å². The molecule has 1 atom stereocenters. The number of anilines is 1. The van der Waals surface area contributed by atoms with Gasteiger partial charge in [-0.15, -0.1) is 0 Å². The number of hydrogen-bond donors (Lipinski definition) is 4. The first-order chi connectivity index (χ1) is 13.6. The Hall–Kier alpha value is -2.12. The van der Waals surface area contributed by atoms with Crippen LogP contribution in [-0.4, -0.2) is 47.9 Å². The van der Waals surface area contributed by atoms with Crippen LogP contribution < -0.4 is 15.7 Å². The van der Waals surface area contributed by atoms with Crippen molar-refractivity contribution in [3.8, 4) is 0 Å². The van der Waals surface area contributed by atoms with E-state index in [1.165, 1.54) is 6.42 Å². The standard InChI is InChI=1S/C21H31N3O4/c25-20(23-28)17-6-8-18(9-7-17)24-12-10-15(11-13-24)14-22-19(21(26)27)16-4-2-1-3-5-16/h6-9,15-16,19,22,28H,1-5,10-14H2,(H,23,25)(H,26,27)/t19-/m0/s1. The number of carboxylic acids is 1. The molecule has 0 radical (unpaired) electrons. The number of hydrogen-bond acceptors (Lipinski definition) is 5. The number of carbonyl (C=O) groups is 2. The van der Waals surface area contributed by atoms with Gasteiger partial charge in [0.2, 0.25) is 0 Å². The molecule has 1 saturated heterocycles. The van der Waals surface area contributed by atoms with Crippen LogP contribution >= 0.6 is 0 Å². The first-order valence-corrected chi connectivity index (χ1v) is 10.3. The number of carboxylic acid groups (broad SMARTS) is 1. The minimum absolute atomic E-state index is 0.265. The number of hydroxylamine groups is 1. The summed E-state index contributed by atoms with van der Waals surface area (Å²) < 4.78 is 0. The van der Waals surface area contributed by atoms with Crippen molar-refractivity contribution in [2.45, 2.75) is 51.0 Å². The van der Waals surface area contributed by atoms with E-state index < -0.39 is 17.9 Å².